The lowest BCUT2D eigenvalue weighted by Crippen LogP contribution is -1.90. The molecule has 0 heterocycles. The third-order valence-corrected chi connectivity index (χ3v) is 4.28. The van der Waals surface area contributed by atoms with Crippen molar-refractivity contribution in [3.63, 3.8) is 0 Å². The number of rotatable bonds is 5. The number of hydrogen-bond acceptors (Lipinski definition) is 4. The predicted octanol–water partition coefficient (Wildman–Crippen LogP) is 6.10. The first-order valence-corrected chi connectivity index (χ1v) is 8.94. The van der Waals surface area contributed by atoms with Crippen LogP contribution in [0.2, 0.25) is 0 Å². The highest BCUT2D eigenvalue weighted by Gasteiger charge is 2.08. The fourth-order valence-corrected chi connectivity index (χ4v) is 2.83. The minimum Gasteiger partial charge on any atom is -0.457 e. The van der Waals surface area contributed by atoms with Crippen LogP contribution in [0.25, 0.3) is 11.1 Å². The molecule has 0 radical (unpaired) electrons. The molecule has 0 amide bonds. The van der Waals surface area contributed by atoms with Crippen molar-refractivity contribution in [3.05, 3.63) is 97.1 Å². The standard InChI is InChI=1S/C24H20N2O2/c25-18-7-13-21(14-8-18)27-20-11-5-17(6-12-20)23-3-1-2-4-24(23)28-22-15-9-19(26)10-16-22/h1-16H,25-26H2. The average Bonchev–Trinajstić information content (AvgIpc) is 2.73. The number of para-hydroxylation sites is 1. The van der Waals surface area contributed by atoms with E-state index < -0.39 is 0 Å². The Morgan fingerprint density at radius 3 is 1.50 bits per heavy atom. The van der Waals surface area contributed by atoms with Crippen molar-refractivity contribution >= 4 is 11.4 Å². The monoisotopic (exact) mass is 368 g/mol. The number of hydrogen-bond donors (Lipinski definition) is 2. The molecule has 0 saturated heterocycles. The highest BCUT2D eigenvalue weighted by Crippen LogP contribution is 2.34. The molecule has 4 aromatic rings. The minimum atomic E-state index is 0.706. The van der Waals surface area contributed by atoms with Crippen LogP contribution in [-0.2, 0) is 0 Å². The van der Waals surface area contributed by atoms with Gasteiger partial charge in [-0.25, -0.2) is 0 Å². The van der Waals surface area contributed by atoms with E-state index in [-0.39, 0.29) is 0 Å². The number of benzene rings is 4. The first kappa shape index (κ1) is 17.5. The smallest absolute Gasteiger partial charge is 0.135 e. The second-order valence-electron chi connectivity index (χ2n) is 6.36. The second kappa shape index (κ2) is 7.76. The Kier molecular flexibility index (Phi) is 4.85. The van der Waals surface area contributed by atoms with Crippen LogP contribution in [0.3, 0.4) is 0 Å². The van der Waals surface area contributed by atoms with Gasteiger partial charge in [-0.1, -0.05) is 30.3 Å². The van der Waals surface area contributed by atoms with Crippen molar-refractivity contribution in [2.24, 2.45) is 0 Å². The maximum Gasteiger partial charge on any atom is 0.135 e. The molecule has 4 rings (SSSR count). The van der Waals surface area contributed by atoms with Crippen molar-refractivity contribution in [1.82, 2.24) is 0 Å². The summed E-state index contributed by atoms with van der Waals surface area (Å²) in [4.78, 5) is 0. The maximum atomic E-state index is 6.06. The van der Waals surface area contributed by atoms with Gasteiger partial charge in [0.05, 0.1) is 0 Å². The summed E-state index contributed by atoms with van der Waals surface area (Å²) in [6.45, 7) is 0. The van der Waals surface area contributed by atoms with Crippen LogP contribution >= 0.6 is 0 Å². The van der Waals surface area contributed by atoms with Crippen molar-refractivity contribution in [1.29, 1.82) is 0 Å². The Morgan fingerprint density at radius 1 is 0.464 bits per heavy atom. The van der Waals surface area contributed by atoms with Crippen LogP contribution in [0.5, 0.6) is 23.0 Å². The van der Waals surface area contributed by atoms with Gasteiger partial charge in [0, 0.05) is 16.9 Å². The van der Waals surface area contributed by atoms with E-state index in [2.05, 4.69) is 0 Å². The van der Waals surface area contributed by atoms with E-state index in [1.807, 2.05) is 97.1 Å². The molecule has 0 unspecified atom stereocenters. The molecule has 0 aliphatic carbocycles. The van der Waals surface area contributed by atoms with Gasteiger partial charge in [0.2, 0.25) is 0 Å². The Morgan fingerprint density at radius 2 is 0.929 bits per heavy atom. The van der Waals surface area contributed by atoms with Crippen molar-refractivity contribution in [3.8, 4) is 34.1 Å². The lowest BCUT2D eigenvalue weighted by atomic mass is 10.0. The van der Waals surface area contributed by atoms with Gasteiger partial charge in [0.25, 0.3) is 0 Å². The van der Waals surface area contributed by atoms with Gasteiger partial charge >= 0.3 is 0 Å². The summed E-state index contributed by atoms with van der Waals surface area (Å²) >= 11 is 0. The topological polar surface area (TPSA) is 70.5 Å². The molecule has 0 aliphatic rings. The van der Waals surface area contributed by atoms with Gasteiger partial charge in [-0.3, -0.25) is 0 Å². The van der Waals surface area contributed by atoms with E-state index in [9.17, 15) is 0 Å². The molecule has 4 aromatic carbocycles. The van der Waals surface area contributed by atoms with E-state index in [0.29, 0.717) is 11.4 Å². The molecule has 0 aromatic heterocycles. The SMILES string of the molecule is Nc1ccc(Oc2ccc(-c3ccccc3Oc3ccc(N)cc3)cc2)cc1. The molecule has 0 fully saturated rings. The Balaban J connectivity index is 1.55. The highest BCUT2D eigenvalue weighted by molar-refractivity contribution is 5.71. The molecule has 0 bridgehead atoms. The van der Waals surface area contributed by atoms with Crippen LogP contribution in [0, 0.1) is 0 Å². The third kappa shape index (κ3) is 4.07. The first-order chi connectivity index (χ1) is 13.7. The Bertz CT molecular complexity index is 1060. The van der Waals surface area contributed by atoms with Gasteiger partial charge in [0.1, 0.15) is 23.0 Å². The highest BCUT2D eigenvalue weighted by atomic mass is 16.5. The average molecular weight is 368 g/mol. The molecule has 4 heteroatoms. The van der Waals surface area contributed by atoms with Gasteiger partial charge in [-0.2, -0.15) is 0 Å². The van der Waals surface area contributed by atoms with Crippen molar-refractivity contribution in [2.45, 2.75) is 0 Å². The molecule has 138 valence electrons. The van der Waals surface area contributed by atoms with E-state index in [1.165, 1.54) is 0 Å². The minimum absolute atomic E-state index is 0.706. The van der Waals surface area contributed by atoms with Gasteiger partial charge in [-0.15, -0.1) is 0 Å². The van der Waals surface area contributed by atoms with Gasteiger partial charge in [0.15, 0.2) is 0 Å². The summed E-state index contributed by atoms with van der Waals surface area (Å²) in [5.74, 6) is 3.02. The van der Waals surface area contributed by atoms with Crippen LogP contribution < -0.4 is 20.9 Å². The Hall–Kier alpha value is -3.92. The zero-order valence-electron chi connectivity index (χ0n) is 15.2. The van der Waals surface area contributed by atoms with Crippen LogP contribution in [0.1, 0.15) is 0 Å². The van der Waals surface area contributed by atoms with E-state index in [4.69, 9.17) is 20.9 Å². The molecular weight excluding hydrogens is 348 g/mol. The van der Waals surface area contributed by atoms with Crippen LogP contribution in [0.4, 0.5) is 11.4 Å². The molecule has 0 spiro atoms. The number of nitrogen functional groups attached to an aromatic ring is 2. The van der Waals surface area contributed by atoms with Gasteiger partial charge < -0.3 is 20.9 Å². The molecule has 4 N–H and O–H groups in total. The fraction of sp³-hybridized carbons (Fsp3) is 0. The molecule has 0 atom stereocenters. The fourth-order valence-electron chi connectivity index (χ4n) is 2.83. The molecule has 0 saturated carbocycles. The zero-order valence-corrected chi connectivity index (χ0v) is 15.2. The summed E-state index contributed by atoms with van der Waals surface area (Å²) in [6.07, 6.45) is 0. The van der Waals surface area contributed by atoms with E-state index in [1.54, 1.807) is 0 Å². The normalized spacial score (nSPS) is 10.4. The number of nitrogens with two attached hydrogens (primary N) is 2. The molecule has 28 heavy (non-hydrogen) atoms. The zero-order chi connectivity index (χ0) is 19.3. The lowest BCUT2D eigenvalue weighted by molar-refractivity contribution is 0.482. The quantitative estimate of drug-likeness (QED) is 0.417. The summed E-state index contributed by atoms with van der Waals surface area (Å²) in [5.41, 5.74) is 14.9. The Labute approximate surface area is 164 Å². The van der Waals surface area contributed by atoms with Crippen LogP contribution in [0.15, 0.2) is 97.1 Å². The molecule has 0 aliphatic heterocycles. The molecule has 4 nitrogen and oxygen atoms in total. The second-order valence-corrected chi connectivity index (χ2v) is 6.36. The van der Waals surface area contributed by atoms with Crippen molar-refractivity contribution in [2.75, 3.05) is 11.5 Å². The largest absolute Gasteiger partial charge is 0.457 e. The predicted molar refractivity (Wildman–Crippen MR) is 114 cm³/mol. The third-order valence-electron chi connectivity index (χ3n) is 4.28. The van der Waals surface area contributed by atoms with Crippen molar-refractivity contribution < 1.29 is 9.47 Å². The summed E-state index contributed by atoms with van der Waals surface area (Å²) < 4.78 is 11.9. The number of ether oxygens (including phenoxy) is 2. The first-order valence-electron chi connectivity index (χ1n) is 8.94. The van der Waals surface area contributed by atoms with E-state index in [0.717, 1.165) is 34.1 Å². The number of anilines is 2. The summed E-state index contributed by atoms with van der Waals surface area (Å²) in [5, 5.41) is 0. The summed E-state index contributed by atoms with van der Waals surface area (Å²) in [6, 6.07) is 30.5. The molecular formula is C24H20N2O2. The van der Waals surface area contributed by atoms with E-state index >= 15 is 0 Å². The van der Waals surface area contributed by atoms with Gasteiger partial charge in [-0.05, 0) is 72.3 Å². The van der Waals surface area contributed by atoms with Crippen LogP contribution in [-0.4, -0.2) is 0 Å². The lowest BCUT2D eigenvalue weighted by Gasteiger charge is -2.12. The maximum absolute atomic E-state index is 6.06. The summed E-state index contributed by atoms with van der Waals surface area (Å²) in [7, 11) is 0.